The smallest absolute Gasteiger partial charge is 0.269 e. The Morgan fingerprint density at radius 3 is 2.67 bits per heavy atom. The Kier molecular flexibility index (Phi) is 3.37. The topological polar surface area (TPSA) is 81.2 Å². The molecule has 1 N–H and O–H groups in total. The first kappa shape index (κ1) is 13.3. The quantitative estimate of drug-likeness (QED) is 0.589. The molecule has 0 bridgehead atoms. The number of aliphatic hydroxyl groups excluding tert-OH is 1. The lowest BCUT2D eigenvalue weighted by molar-refractivity contribution is -0.384. The van der Waals surface area contributed by atoms with Crippen molar-refractivity contribution in [3.05, 3.63) is 70.0 Å². The fourth-order valence-corrected chi connectivity index (χ4v) is 2.36. The summed E-state index contributed by atoms with van der Waals surface area (Å²) in [5.41, 5.74) is 2.62. The molecular weight excluding hydrogens is 270 g/mol. The molecule has 0 aliphatic carbocycles. The van der Waals surface area contributed by atoms with Gasteiger partial charge in [-0.25, -0.2) is 4.98 Å². The lowest BCUT2D eigenvalue weighted by Gasteiger charge is -2.04. The average molecular weight is 283 g/mol. The molecule has 0 saturated heterocycles. The van der Waals surface area contributed by atoms with Crippen LogP contribution in [0.4, 0.5) is 5.69 Å². The number of nitro benzene ring substituents is 1. The minimum atomic E-state index is -0.416. The first-order valence-electron chi connectivity index (χ1n) is 6.46. The fraction of sp³-hybridized carbons (Fsp3) is 0.133. The van der Waals surface area contributed by atoms with Gasteiger partial charge in [0.2, 0.25) is 0 Å². The first-order chi connectivity index (χ1) is 10.2. The van der Waals surface area contributed by atoms with Crippen LogP contribution in [0.25, 0.3) is 11.0 Å². The highest BCUT2D eigenvalue weighted by atomic mass is 16.6. The number of non-ortho nitro benzene ring substituents is 1. The molecule has 0 atom stereocenters. The molecule has 2 heterocycles. The Bertz CT molecular complexity index is 794. The van der Waals surface area contributed by atoms with E-state index in [0.29, 0.717) is 6.54 Å². The van der Waals surface area contributed by atoms with Gasteiger partial charge in [-0.05, 0) is 17.7 Å². The molecule has 0 radical (unpaired) electrons. The molecule has 3 rings (SSSR count). The fourth-order valence-electron chi connectivity index (χ4n) is 2.36. The summed E-state index contributed by atoms with van der Waals surface area (Å²) >= 11 is 0. The summed E-state index contributed by atoms with van der Waals surface area (Å²) in [4.78, 5) is 14.6. The van der Waals surface area contributed by atoms with Gasteiger partial charge in [0.1, 0.15) is 5.65 Å². The molecule has 0 aliphatic rings. The lowest BCUT2D eigenvalue weighted by Crippen LogP contribution is -1.99. The maximum atomic E-state index is 10.7. The number of rotatable bonds is 4. The van der Waals surface area contributed by atoms with Crippen molar-refractivity contribution in [1.29, 1.82) is 0 Å². The summed E-state index contributed by atoms with van der Waals surface area (Å²) in [6.45, 7) is 0.501. The van der Waals surface area contributed by atoms with Gasteiger partial charge in [0, 0.05) is 42.0 Å². The van der Waals surface area contributed by atoms with E-state index in [1.54, 1.807) is 18.3 Å². The Morgan fingerprint density at radius 1 is 1.24 bits per heavy atom. The second kappa shape index (κ2) is 5.34. The molecule has 0 spiro atoms. The molecule has 2 aromatic heterocycles. The number of hydrogen-bond acceptors (Lipinski definition) is 4. The van der Waals surface area contributed by atoms with Gasteiger partial charge in [0.15, 0.2) is 0 Å². The SMILES string of the molecule is O=[N+]([O-])c1ccc(Cn2cc(CO)c3cccnc32)cc1. The Morgan fingerprint density at radius 2 is 2.00 bits per heavy atom. The van der Waals surface area contributed by atoms with Crippen LogP contribution in [0.1, 0.15) is 11.1 Å². The first-order valence-corrected chi connectivity index (χ1v) is 6.46. The summed E-state index contributed by atoms with van der Waals surface area (Å²) in [5.74, 6) is 0. The number of hydrogen-bond donors (Lipinski definition) is 1. The second-order valence-electron chi connectivity index (χ2n) is 4.74. The van der Waals surface area contributed by atoms with E-state index in [1.165, 1.54) is 12.1 Å². The maximum Gasteiger partial charge on any atom is 0.269 e. The van der Waals surface area contributed by atoms with Crippen LogP contribution >= 0.6 is 0 Å². The zero-order chi connectivity index (χ0) is 14.8. The Balaban J connectivity index is 1.96. The third-order valence-corrected chi connectivity index (χ3v) is 3.39. The molecule has 6 heteroatoms. The Hall–Kier alpha value is -2.73. The molecular formula is C15H13N3O3. The number of nitro groups is 1. The normalized spacial score (nSPS) is 10.9. The summed E-state index contributed by atoms with van der Waals surface area (Å²) in [6.07, 6.45) is 3.56. The average Bonchev–Trinajstić information content (AvgIpc) is 2.86. The van der Waals surface area contributed by atoms with Gasteiger partial charge in [0.25, 0.3) is 5.69 Å². The van der Waals surface area contributed by atoms with Gasteiger partial charge >= 0.3 is 0 Å². The van der Waals surface area contributed by atoms with Gasteiger partial charge < -0.3 is 9.67 Å². The number of nitrogens with zero attached hydrogens (tertiary/aromatic N) is 3. The van der Waals surface area contributed by atoms with Crippen molar-refractivity contribution in [2.75, 3.05) is 0 Å². The highest BCUT2D eigenvalue weighted by Gasteiger charge is 2.10. The van der Waals surface area contributed by atoms with Crippen LogP contribution in [0, 0.1) is 10.1 Å². The van der Waals surface area contributed by atoms with Gasteiger partial charge in [0.05, 0.1) is 11.5 Å². The molecule has 0 fully saturated rings. The van der Waals surface area contributed by atoms with Crippen molar-refractivity contribution in [2.24, 2.45) is 0 Å². The molecule has 21 heavy (non-hydrogen) atoms. The van der Waals surface area contributed by atoms with Crippen LogP contribution in [-0.2, 0) is 13.2 Å². The standard InChI is InChI=1S/C15H13N3O3/c19-10-12-9-17(15-14(12)2-1-7-16-15)8-11-3-5-13(6-4-11)18(20)21/h1-7,9,19H,8,10H2. The van der Waals surface area contributed by atoms with E-state index in [4.69, 9.17) is 0 Å². The van der Waals surface area contributed by atoms with Crippen LogP contribution in [0.2, 0.25) is 0 Å². The highest BCUT2D eigenvalue weighted by Crippen LogP contribution is 2.21. The van der Waals surface area contributed by atoms with E-state index in [9.17, 15) is 15.2 Å². The van der Waals surface area contributed by atoms with Crippen molar-refractivity contribution < 1.29 is 10.0 Å². The van der Waals surface area contributed by atoms with Crippen LogP contribution in [-0.4, -0.2) is 19.6 Å². The van der Waals surface area contributed by atoms with Gasteiger partial charge in [-0.1, -0.05) is 12.1 Å². The maximum absolute atomic E-state index is 10.7. The van der Waals surface area contributed by atoms with Crippen molar-refractivity contribution in [1.82, 2.24) is 9.55 Å². The minimum Gasteiger partial charge on any atom is -0.392 e. The van der Waals surface area contributed by atoms with E-state index in [-0.39, 0.29) is 12.3 Å². The molecule has 0 saturated carbocycles. The van der Waals surface area contributed by atoms with Crippen LogP contribution < -0.4 is 0 Å². The molecule has 106 valence electrons. The number of pyridine rings is 1. The molecule has 0 unspecified atom stereocenters. The largest absolute Gasteiger partial charge is 0.392 e. The molecule has 1 aromatic carbocycles. The van der Waals surface area contributed by atoms with Gasteiger partial charge in [-0.15, -0.1) is 0 Å². The molecule has 3 aromatic rings. The zero-order valence-corrected chi connectivity index (χ0v) is 11.1. The van der Waals surface area contributed by atoms with Crippen molar-refractivity contribution in [3.63, 3.8) is 0 Å². The lowest BCUT2D eigenvalue weighted by atomic mass is 10.2. The second-order valence-corrected chi connectivity index (χ2v) is 4.74. The molecule has 0 aliphatic heterocycles. The van der Waals surface area contributed by atoms with Crippen molar-refractivity contribution >= 4 is 16.7 Å². The van der Waals surface area contributed by atoms with E-state index < -0.39 is 4.92 Å². The van der Waals surface area contributed by atoms with E-state index in [2.05, 4.69) is 4.98 Å². The highest BCUT2D eigenvalue weighted by molar-refractivity contribution is 5.80. The van der Waals surface area contributed by atoms with Crippen LogP contribution in [0.3, 0.4) is 0 Å². The molecule has 6 nitrogen and oxygen atoms in total. The van der Waals surface area contributed by atoms with Gasteiger partial charge in [-0.2, -0.15) is 0 Å². The summed E-state index contributed by atoms with van der Waals surface area (Å²) < 4.78 is 1.93. The van der Waals surface area contributed by atoms with Crippen molar-refractivity contribution in [3.8, 4) is 0 Å². The number of aromatic nitrogens is 2. The van der Waals surface area contributed by atoms with Crippen molar-refractivity contribution in [2.45, 2.75) is 13.2 Å². The monoisotopic (exact) mass is 283 g/mol. The minimum absolute atomic E-state index is 0.0462. The summed E-state index contributed by atoms with van der Waals surface area (Å²) in [7, 11) is 0. The predicted octanol–water partition coefficient (Wildman–Crippen LogP) is 2.49. The van der Waals surface area contributed by atoms with E-state index in [1.807, 2.05) is 22.9 Å². The third kappa shape index (κ3) is 2.48. The van der Waals surface area contributed by atoms with E-state index in [0.717, 1.165) is 22.2 Å². The van der Waals surface area contributed by atoms with Crippen LogP contribution in [0.15, 0.2) is 48.8 Å². The third-order valence-electron chi connectivity index (χ3n) is 3.39. The van der Waals surface area contributed by atoms with E-state index >= 15 is 0 Å². The summed E-state index contributed by atoms with van der Waals surface area (Å²) in [6, 6.07) is 10.2. The predicted molar refractivity (Wildman–Crippen MR) is 77.9 cm³/mol. The summed E-state index contributed by atoms with van der Waals surface area (Å²) in [5, 5.41) is 21.0. The molecule has 0 amide bonds. The number of aliphatic hydroxyl groups is 1. The zero-order valence-electron chi connectivity index (χ0n) is 11.1. The Labute approximate surface area is 120 Å². The number of fused-ring (bicyclic) bond motifs is 1. The van der Waals surface area contributed by atoms with Gasteiger partial charge in [-0.3, -0.25) is 10.1 Å². The number of benzene rings is 1. The van der Waals surface area contributed by atoms with Crippen LogP contribution in [0.5, 0.6) is 0 Å².